The van der Waals surface area contributed by atoms with Gasteiger partial charge in [-0.05, 0) is 25.0 Å². The van der Waals surface area contributed by atoms with E-state index < -0.39 is 11.7 Å². The van der Waals surface area contributed by atoms with Crippen LogP contribution in [0.2, 0.25) is 0 Å². The van der Waals surface area contributed by atoms with Gasteiger partial charge in [0.05, 0.1) is 30.0 Å². The highest BCUT2D eigenvalue weighted by Crippen LogP contribution is 2.35. The van der Waals surface area contributed by atoms with Crippen LogP contribution in [-0.2, 0) is 15.7 Å². The Labute approximate surface area is 182 Å². The first-order valence-electron chi connectivity index (χ1n) is 10.6. The van der Waals surface area contributed by atoms with Crippen molar-refractivity contribution in [1.82, 2.24) is 19.9 Å². The summed E-state index contributed by atoms with van der Waals surface area (Å²) in [5, 5.41) is 2.92. The summed E-state index contributed by atoms with van der Waals surface area (Å²) in [5.41, 5.74) is -0.0247. The molecule has 3 fully saturated rings. The standard InChI is InChI=1S/C21H23F3N6O2/c1-12(31)29-5-3-13(9-29)17-8-19(27-18-6-14(2-4-25-18)21(22,23)24)28-20(26-17)30-10-16-7-15(30)11-32-16/h2,4,6,8,13,15-16H,3,5,7,9-11H2,1H3,(H,25,26,27,28). The van der Waals surface area contributed by atoms with Crippen molar-refractivity contribution in [3.8, 4) is 0 Å². The number of nitrogens with one attached hydrogen (secondary N) is 1. The van der Waals surface area contributed by atoms with Crippen LogP contribution in [0.15, 0.2) is 24.4 Å². The zero-order valence-corrected chi connectivity index (χ0v) is 17.5. The number of aromatic nitrogens is 3. The number of hydrogen-bond acceptors (Lipinski definition) is 7. The lowest BCUT2D eigenvalue weighted by Crippen LogP contribution is -2.38. The lowest BCUT2D eigenvalue weighted by molar-refractivity contribution is -0.137. The molecule has 2 aromatic rings. The van der Waals surface area contributed by atoms with Gasteiger partial charge < -0.3 is 19.9 Å². The van der Waals surface area contributed by atoms with Crippen LogP contribution < -0.4 is 10.2 Å². The summed E-state index contributed by atoms with van der Waals surface area (Å²) in [6.45, 7) is 4.04. The second-order valence-corrected chi connectivity index (χ2v) is 8.48. The third kappa shape index (κ3) is 4.08. The van der Waals surface area contributed by atoms with Gasteiger partial charge in [0.15, 0.2) is 0 Å². The van der Waals surface area contributed by atoms with Crippen LogP contribution in [0, 0.1) is 0 Å². The van der Waals surface area contributed by atoms with E-state index >= 15 is 0 Å². The van der Waals surface area contributed by atoms with Crippen molar-refractivity contribution in [2.75, 3.05) is 36.5 Å². The maximum atomic E-state index is 13.1. The molecule has 1 N–H and O–H groups in total. The molecule has 0 radical (unpaired) electrons. The number of carbonyl (C=O) groups is 1. The van der Waals surface area contributed by atoms with Gasteiger partial charge in [-0.2, -0.15) is 18.2 Å². The second-order valence-electron chi connectivity index (χ2n) is 8.48. The molecule has 0 spiro atoms. The number of likely N-dealkylation sites (tertiary alicyclic amines) is 1. The van der Waals surface area contributed by atoms with E-state index in [1.165, 1.54) is 0 Å². The minimum absolute atomic E-state index is 0.0160. The second kappa shape index (κ2) is 7.88. The normalized spacial score (nSPS) is 24.9. The van der Waals surface area contributed by atoms with Crippen molar-refractivity contribution in [2.45, 2.75) is 44.0 Å². The number of hydrogen-bond donors (Lipinski definition) is 1. The molecule has 3 aliphatic rings. The van der Waals surface area contributed by atoms with Crippen LogP contribution in [0.25, 0.3) is 0 Å². The van der Waals surface area contributed by atoms with E-state index in [1.807, 2.05) is 0 Å². The van der Waals surface area contributed by atoms with E-state index in [0.29, 0.717) is 38.0 Å². The largest absolute Gasteiger partial charge is 0.416 e. The maximum absolute atomic E-state index is 13.1. The van der Waals surface area contributed by atoms with Gasteiger partial charge in [-0.3, -0.25) is 4.79 Å². The summed E-state index contributed by atoms with van der Waals surface area (Å²) >= 11 is 0. The van der Waals surface area contributed by atoms with Crippen LogP contribution in [0.1, 0.15) is 36.9 Å². The SMILES string of the molecule is CC(=O)N1CCC(c2cc(Nc3cc(C(F)(F)F)ccn3)nc(N3CC4CC3CO4)n2)C1. The number of anilines is 3. The van der Waals surface area contributed by atoms with Crippen molar-refractivity contribution >= 4 is 23.5 Å². The van der Waals surface area contributed by atoms with Crippen LogP contribution in [0.5, 0.6) is 0 Å². The minimum atomic E-state index is -4.46. The summed E-state index contributed by atoms with van der Waals surface area (Å²) in [7, 11) is 0. The molecule has 3 unspecified atom stereocenters. The zero-order chi connectivity index (χ0) is 22.5. The predicted octanol–water partition coefficient (Wildman–Crippen LogP) is 2.95. The van der Waals surface area contributed by atoms with E-state index in [9.17, 15) is 18.0 Å². The predicted molar refractivity (Wildman–Crippen MR) is 110 cm³/mol. The molecule has 3 aliphatic heterocycles. The van der Waals surface area contributed by atoms with Crippen molar-refractivity contribution in [3.05, 3.63) is 35.7 Å². The van der Waals surface area contributed by atoms with Crippen LogP contribution in [0.3, 0.4) is 0 Å². The number of pyridine rings is 1. The molecule has 8 nitrogen and oxygen atoms in total. The molecule has 3 atom stereocenters. The van der Waals surface area contributed by atoms with E-state index in [0.717, 1.165) is 36.9 Å². The Kier molecular flexibility index (Phi) is 5.15. The van der Waals surface area contributed by atoms with E-state index in [4.69, 9.17) is 9.72 Å². The Balaban J connectivity index is 1.46. The average molecular weight is 448 g/mol. The molecular weight excluding hydrogens is 425 g/mol. The first-order chi connectivity index (χ1) is 15.3. The first kappa shape index (κ1) is 20.9. The molecule has 32 heavy (non-hydrogen) atoms. The molecule has 0 saturated carbocycles. The number of carbonyl (C=O) groups excluding carboxylic acids is 1. The summed E-state index contributed by atoms with van der Waals surface area (Å²) < 4.78 is 45.0. The zero-order valence-electron chi connectivity index (χ0n) is 17.5. The summed E-state index contributed by atoms with van der Waals surface area (Å²) in [5.74, 6) is 1.00. The summed E-state index contributed by atoms with van der Waals surface area (Å²) in [4.78, 5) is 29.0. The lowest BCUT2D eigenvalue weighted by atomic mass is 10.0. The van der Waals surface area contributed by atoms with Gasteiger partial charge in [0.25, 0.3) is 0 Å². The number of ether oxygens (including phenoxy) is 1. The van der Waals surface area contributed by atoms with Gasteiger partial charge in [0, 0.05) is 44.7 Å². The molecule has 2 aromatic heterocycles. The molecular formula is C21H23F3N6O2. The highest BCUT2D eigenvalue weighted by molar-refractivity contribution is 5.73. The number of nitrogens with zero attached hydrogens (tertiary/aromatic N) is 5. The fraction of sp³-hybridized carbons (Fsp3) is 0.524. The van der Waals surface area contributed by atoms with E-state index in [1.54, 1.807) is 17.9 Å². The van der Waals surface area contributed by atoms with Crippen molar-refractivity contribution in [1.29, 1.82) is 0 Å². The number of morpholine rings is 1. The molecule has 5 rings (SSSR count). The third-order valence-corrected chi connectivity index (χ3v) is 6.29. The maximum Gasteiger partial charge on any atom is 0.416 e. The number of halogens is 3. The number of alkyl halides is 3. The fourth-order valence-corrected chi connectivity index (χ4v) is 4.59. The third-order valence-electron chi connectivity index (χ3n) is 6.29. The Hall–Kier alpha value is -2.95. The van der Waals surface area contributed by atoms with E-state index in [-0.39, 0.29) is 29.8 Å². The monoisotopic (exact) mass is 448 g/mol. The smallest absolute Gasteiger partial charge is 0.374 e. The summed E-state index contributed by atoms with van der Waals surface area (Å²) in [6, 6.07) is 3.81. The Morgan fingerprint density at radius 3 is 2.72 bits per heavy atom. The topological polar surface area (TPSA) is 83.5 Å². The van der Waals surface area contributed by atoms with Crippen LogP contribution in [-0.4, -0.2) is 64.1 Å². The van der Waals surface area contributed by atoms with Gasteiger partial charge in [-0.15, -0.1) is 0 Å². The first-order valence-corrected chi connectivity index (χ1v) is 10.6. The van der Waals surface area contributed by atoms with Gasteiger partial charge in [0.2, 0.25) is 11.9 Å². The Bertz CT molecular complexity index is 1030. The Morgan fingerprint density at radius 2 is 2.06 bits per heavy atom. The number of fused-ring (bicyclic) bond motifs is 2. The molecule has 0 aromatic carbocycles. The quantitative estimate of drug-likeness (QED) is 0.770. The molecule has 0 aliphatic carbocycles. The van der Waals surface area contributed by atoms with E-state index in [2.05, 4.69) is 20.2 Å². The highest BCUT2D eigenvalue weighted by Gasteiger charge is 2.41. The highest BCUT2D eigenvalue weighted by atomic mass is 19.4. The molecule has 11 heteroatoms. The number of rotatable bonds is 4. The van der Waals surface area contributed by atoms with Crippen LogP contribution in [0.4, 0.5) is 30.8 Å². The van der Waals surface area contributed by atoms with Gasteiger partial charge in [-0.25, -0.2) is 9.97 Å². The van der Waals surface area contributed by atoms with Crippen molar-refractivity contribution < 1.29 is 22.7 Å². The van der Waals surface area contributed by atoms with Gasteiger partial charge in [0.1, 0.15) is 11.6 Å². The van der Waals surface area contributed by atoms with Crippen molar-refractivity contribution in [2.24, 2.45) is 0 Å². The average Bonchev–Trinajstić information content (AvgIpc) is 3.50. The molecule has 5 heterocycles. The Morgan fingerprint density at radius 1 is 1.22 bits per heavy atom. The molecule has 1 amide bonds. The molecule has 2 bridgehead atoms. The lowest BCUT2D eigenvalue weighted by Gasteiger charge is -2.28. The van der Waals surface area contributed by atoms with Gasteiger partial charge >= 0.3 is 6.18 Å². The fourth-order valence-electron chi connectivity index (χ4n) is 4.59. The number of amides is 1. The van der Waals surface area contributed by atoms with Crippen LogP contribution >= 0.6 is 0 Å². The van der Waals surface area contributed by atoms with Crippen molar-refractivity contribution in [3.63, 3.8) is 0 Å². The molecule has 3 saturated heterocycles. The molecule has 170 valence electrons. The van der Waals surface area contributed by atoms with Gasteiger partial charge in [-0.1, -0.05) is 0 Å². The summed E-state index contributed by atoms with van der Waals surface area (Å²) in [6.07, 6.45) is -1.52. The minimum Gasteiger partial charge on any atom is -0.374 e.